The Hall–Kier alpha value is -1.64. The molecular formula is C12H18N2O. The molecule has 0 spiro atoms. The van der Waals surface area contributed by atoms with E-state index in [9.17, 15) is 0 Å². The van der Waals surface area contributed by atoms with E-state index in [1.807, 2.05) is 32.0 Å². The molecule has 0 N–H and O–H groups in total. The molecule has 0 bridgehead atoms. The summed E-state index contributed by atoms with van der Waals surface area (Å²) >= 11 is 0. The fourth-order valence-corrected chi connectivity index (χ4v) is 0.758. The SMILES string of the molecule is CC.Cc1ccccc1.Cc1ncon1. The van der Waals surface area contributed by atoms with Crippen molar-refractivity contribution in [1.29, 1.82) is 0 Å². The van der Waals surface area contributed by atoms with Gasteiger partial charge in [-0.3, -0.25) is 0 Å². The molecule has 0 amide bonds. The van der Waals surface area contributed by atoms with Gasteiger partial charge in [-0.15, -0.1) is 0 Å². The van der Waals surface area contributed by atoms with Gasteiger partial charge in [-0.1, -0.05) is 54.9 Å². The van der Waals surface area contributed by atoms with Gasteiger partial charge in [-0.2, -0.15) is 4.98 Å². The maximum absolute atomic E-state index is 4.35. The van der Waals surface area contributed by atoms with Gasteiger partial charge in [0.25, 0.3) is 0 Å². The van der Waals surface area contributed by atoms with E-state index in [1.54, 1.807) is 6.92 Å². The molecule has 82 valence electrons. The lowest BCUT2D eigenvalue weighted by Crippen LogP contribution is -1.66. The predicted octanol–water partition coefficient (Wildman–Crippen LogP) is 3.40. The minimum Gasteiger partial charge on any atom is -0.343 e. The number of hydrogen-bond donors (Lipinski definition) is 0. The fraction of sp³-hybridized carbons (Fsp3) is 0.333. The third kappa shape index (κ3) is 7.43. The van der Waals surface area contributed by atoms with Crippen LogP contribution in [0.15, 0.2) is 41.2 Å². The number of aryl methyl sites for hydroxylation is 2. The molecule has 15 heavy (non-hydrogen) atoms. The highest BCUT2D eigenvalue weighted by atomic mass is 16.5. The van der Waals surface area contributed by atoms with E-state index in [0.717, 1.165) is 0 Å². The van der Waals surface area contributed by atoms with Gasteiger partial charge < -0.3 is 4.52 Å². The van der Waals surface area contributed by atoms with E-state index in [-0.39, 0.29) is 0 Å². The molecule has 0 aliphatic carbocycles. The summed E-state index contributed by atoms with van der Waals surface area (Å²) in [7, 11) is 0. The summed E-state index contributed by atoms with van der Waals surface area (Å²) in [6.07, 6.45) is 1.30. The monoisotopic (exact) mass is 206 g/mol. The van der Waals surface area contributed by atoms with E-state index < -0.39 is 0 Å². The van der Waals surface area contributed by atoms with Crippen molar-refractivity contribution in [3.63, 3.8) is 0 Å². The molecule has 0 aliphatic rings. The second kappa shape index (κ2) is 8.94. The van der Waals surface area contributed by atoms with Gasteiger partial charge in [-0.25, -0.2) is 0 Å². The first-order valence-corrected chi connectivity index (χ1v) is 5.03. The number of rotatable bonds is 0. The Morgan fingerprint density at radius 2 is 1.60 bits per heavy atom. The van der Waals surface area contributed by atoms with Crippen molar-refractivity contribution in [3.05, 3.63) is 48.1 Å². The van der Waals surface area contributed by atoms with Crippen LogP contribution in [-0.4, -0.2) is 10.1 Å². The predicted molar refractivity (Wildman–Crippen MR) is 61.6 cm³/mol. The molecule has 2 aromatic rings. The van der Waals surface area contributed by atoms with E-state index in [4.69, 9.17) is 0 Å². The Balaban J connectivity index is 0.000000227. The van der Waals surface area contributed by atoms with Crippen LogP contribution in [0.3, 0.4) is 0 Å². The molecule has 0 saturated carbocycles. The summed E-state index contributed by atoms with van der Waals surface area (Å²) in [4.78, 5) is 3.64. The number of aromatic nitrogens is 2. The van der Waals surface area contributed by atoms with Crippen molar-refractivity contribution in [2.24, 2.45) is 0 Å². The summed E-state index contributed by atoms with van der Waals surface area (Å²) in [6, 6.07) is 10.3. The Morgan fingerprint density at radius 1 is 1.00 bits per heavy atom. The maximum Gasteiger partial charge on any atom is 0.213 e. The lowest BCUT2D eigenvalue weighted by atomic mass is 10.2. The van der Waals surface area contributed by atoms with Crippen LogP contribution in [0.1, 0.15) is 25.2 Å². The normalized spacial score (nSPS) is 8.00. The average molecular weight is 206 g/mol. The standard InChI is InChI=1S/C7H8.C3H4N2O.C2H6/c1-7-5-3-2-4-6-7;1-3-4-2-6-5-3;1-2/h2-6H,1H3;2H,1H3;1-2H3. The smallest absolute Gasteiger partial charge is 0.213 e. The lowest BCUT2D eigenvalue weighted by Gasteiger charge is -1.82. The van der Waals surface area contributed by atoms with Crippen molar-refractivity contribution >= 4 is 0 Å². The first kappa shape index (κ1) is 13.4. The van der Waals surface area contributed by atoms with Crippen LogP contribution in [0.25, 0.3) is 0 Å². The maximum atomic E-state index is 4.35. The Kier molecular flexibility index (Phi) is 7.96. The molecule has 3 nitrogen and oxygen atoms in total. The zero-order valence-corrected chi connectivity index (χ0v) is 9.77. The molecular weight excluding hydrogens is 188 g/mol. The van der Waals surface area contributed by atoms with Gasteiger partial charge in [0.2, 0.25) is 6.39 Å². The molecule has 0 radical (unpaired) electrons. The van der Waals surface area contributed by atoms with Crippen LogP contribution in [0, 0.1) is 13.8 Å². The van der Waals surface area contributed by atoms with Crippen LogP contribution in [0.5, 0.6) is 0 Å². The number of hydrogen-bond acceptors (Lipinski definition) is 3. The van der Waals surface area contributed by atoms with Crippen LogP contribution in [-0.2, 0) is 0 Å². The zero-order valence-electron chi connectivity index (χ0n) is 9.77. The van der Waals surface area contributed by atoms with Gasteiger partial charge in [-0.05, 0) is 13.8 Å². The summed E-state index contributed by atoms with van der Waals surface area (Å²) in [5.74, 6) is 0.676. The highest BCUT2D eigenvalue weighted by Crippen LogP contribution is 1.92. The van der Waals surface area contributed by atoms with Crippen molar-refractivity contribution in [3.8, 4) is 0 Å². The van der Waals surface area contributed by atoms with E-state index >= 15 is 0 Å². The van der Waals surface area contributed by atoms with E-state index in [2.05, 4.69) is 33.7 Å². The lowest BCUT2D eigenvalue weighted by molar-refractivity contribution is 0.412. The first-order chi connectivity index (χ1) is 7.29. The Bertz CT molecular complexity index is 317. The van der Waals surface area contributed by atoms with Crippen LogP contribution < -0.4 is 0 Å². The van der Waals surface area contributed by atoms with Gasteiger partial charge in [0.1, 0.15) is 0 Å². The van der Waals surface area contributed by atoms with Gasteiger partial charge in [0.05, 0.1) is 0 Å². The molecule has 1 aromatic carbocycles. The van der Waals surface area contributed by atoms with Gasteiger partial charge >= 0.3 is 0 Å². The minimum absolute atomic E-state index is 0.676. The molecule has 0 saturated heterocycles. The molecule has 0 aliphatic heterocycles. The average Bonchev–Trinajstić information content (AvgIpc) is 2.74. The largest absolute Gasteiger partial charge is 0.343 e. The van der Waals surface area contributed by atoms with Crippen molar-refractivity contribution < 1.29 is 4.52 Å². The van der Waals surface area contributed by atoms with Gasteiger partial charge in [0.15, 0.2) is 5.82 Å². The Labute approximate surface area is 91.1 Å². The zero-order chi connectivity index (χ0) is 11.5. The van der Waals surface area contributed by atoms with Crippen molar-refractivity contribution in [2.45, 2.75) is 27.7 Å². The summed E-state index contributed by atoms with van der Waals surface area (Å²) in [5, 5.41) is 3.43. The Morgan fingerprint density at radius 3 is 1.80 bits per heavy atom. The van der Waals surface area contributed by atoms with E-state index in [1.165, 1.54) is 12.0 Å². The highest BCUT2D eigenvalue weighted by Gasteiger charge is 1.79. The molecule has 1 heterocycles. The first-order valence-electron chi connectivity index (χ1n) is 5.03. The van der Waals surface area contributed by atoms with Crippen molar-refractivity contribution in [1.82, 2.24) is 10.1 Å². The quantitative estimate of drug-likeness (QED) is 0.663. The second-order valence-corrected chi connectivity index (χ2v) is 2.63. The molecule has 0 atom stereocenters. The van der Waals surface area contributed by atoms with Gasteiger partial charge in [0, 0.05) is 0 Å². The molecule has 2 rings (SSSR count). The molecule has 3 heteroatoms. The molecule has 1 aromatic heterocycles. The van der Waals surface area contributed by atoms with Crippen LogP contribution in [0.2, 0.25) is 0 Å². The van der Waals surface area contributed by atoms with E-state index in [0.29, 0.717) is 5.82 Å². The highest BCUT2D eigenvalue weighted by molar-refractivity contribution is 5.11. The topological polar surface area (TPSA) is 38.9 Å². The van der Waals surface area contributed by atoms with Crippen LogP contribution in [0.4, 0.5) is 0 Å². The summed E-state index contributed by atoms with van der Waals surface area (Å²) in [5.41, 5.74) is 1.32. The summed E-state index contributed by atoms with van der Waals surface area (Å²) in [6.45, 7) is 7.85. The van der Waals surface area contributed by atoms with Crippen molar-refractivity contribution in [2.75, 3.05) is 0 Å². The summed E-state index contributed by atoms with van der Waals surface area (Å²) < 4.78 is 4.35. The third-order valence-electron chi connectivity index (χ3n) is 1.41. The third-order valence-corrected chi connectivity index (χ3v) is 1.41. The fourth-order valence-electron chi connectivity index (χ4n) is 0.758. The molecule has 0 fully saturated rings. The number of nitrogens with zero attached hydrogens (tertiary/aromatic N) is 2. The van der Waals surface area contributed by atoms with Crippen LogP contribution >= 0.6 is 0 Å². The number of benzene rings is 1. The minimum atomic E-state index is 0.676. The second-order valence-electron chi connectivity index (χ2n) is 2.63. The molecule has 0 unspecified atom stereocenters.